The van der Waals surface area contributed by atoms with Gasteiger partial charge in [0.25, 0.3) is 0 Å². The summed E-state index contributed by atoms with van der Waals surface area (Å²) in [6.45, 7) is 0. The third kappa shape index (κ3) is 3.28. The van der Waals surface area contributed by atoms with Crippen molar-refractivity contribution in [3.63, 3.8) is 0 Å². The first kappa shape index (κ1) is 12.1. The van der Waals surface area contributed by atoms with E-state index in [0.29, 0.717) is 10.8 Å². The van der Waals surface area contributed by atoms with Gasteiger partial charge in [0.15, 0.2) is 5.13 Å². The zero-order valence-corrected chi connectivity index (χ0v) is 11.1. The molecule has 1 heterocycles. The summed E-state index contributed by atoms with van der Waals surface area (Å²) in [6, 6.07) is 7.68. The van der Waals surface area contributed by atoms with Gasteiger partial charge in [-0.2, -0.15) is 0 Å². The number of nitrogens with zero attached hydrogens (tertiary/aromatic N) is 1. The second-order valence-corrected chi connectivity index (χ2v) is 5.03. The maximum Gasteiger partial charge on any atom is 0.309 e. The van der Waals surface area contributed by atoms with Crippen molar-refractivity contribution in [1.29, 1.82) is 0 Å². The summed E-state index contributed by atoms with van der Waals surface area (Å²) in [5, 5.41) is 14.2. The van der Waals surface area contributed by atoms with E-state index in [-0.39, 0.29) is 6.42 Å². The summed E-state index contributed by atoms with van der Waals surface area (Å²) < 4.78 is 0.940. The van der Waals surface area contributed by atoms with Crippen molar-refractivity contribution < 1.29 is 9.90 Å². The van der Waals surface area contributed by atoms with E-state index in [1.54, 1.807) is 5.38 Å². The quantitative estimate of drug-likeness (QED) is 0.909. The average molecular weight is 313 g/mol. The van der Waals surface area contributed by atoms with Gasteiger partial charge in [-0.1, -0.05) is 12.1 Å². The van der Waals surface area contributed by atoms with Gasteiger partial charge in [-0.25, -0.2) is 4.98 Å². The van der Waals surface area contributed by atoms with Crippen LogP contribution in [0.2, 0.25) is 0 Å². The van der Waals surface area contributed by atoms with Crippen LogP contribution in [0.5, 0.6) is 0 Å². The van der Waals surface area contributed by atoms with Crippen LogP contribution in [0.1, 0.15) is 5.69 Å². The number of benzene rings is 1. The molecule has 0 atom stereocenters. The van der Waals surface area contributed by atoms with E-state index < -0.39 is 5.97 Å². The van der Waals surface area contributed by atoms with Crippen molar-refractivity contribution in [2.45, 2.75) is 6.42 Å². The molecule has 0 aliphatic rings. The molecule has 0 saturated heterocycles. The minimum absolute atomic E-state index is 0.0475. The molecular weight excluding hydrogens is 304 g/mol. The molecule has 1 aromatic heterocycles. The van der Waals surface area contributed by atoms with Crippen LogP contribution in [0.15, 0.2) is 34.1 Å². The van der Waals surface area contributed by atoms with Gasteiger partial charge < -0.3 is 10.4 Å². The Bertz CT molecular complexity index is 542. The fraction of sp³-hybridized carbons (Fsp3) is 0.0909. The highest BCUT2D eigenvalue weighted by Gasteiger charge is 2.07. The summed E-state index contributed by atoms with van der Waals surface area (Å²) in [7, 11) is 0. The second kappa shape index (κ2) is 5.29. The highest BCUT2D eigenvalue weighted by atomic mass is 79.9. The van der Waals surface area contributed by atoms with Gasteiger partial charge >= 0.3 is 5.97 Å². The molecular formula is C11H9BrN2O2S. The molecule has 0 aliphatic heterocycles. The molecule has 4 nitrogen and oxygen atoms in total. The molecule has 1 aromatic carbocycles. The molecule has 88 valence electrons. The number of hydrogen-bond donors (Lipinski definition) is 2. The van der Waals surface area contributed by atoms with Crippen LogP contribution < -0.4 is 5.32 Å². The zero-order valence-electron chi connectivity index (χ0n) is 8.68. The number of aromatic nitrogens is 1. The predicted octanol–water partition coefficient (Wildman–Crippen LogP) is 3.28. The first-order valence-electron chi connectivity index (χ1n) is 4.83. The molecule has 0 radical (unpaired) electrons. The molecule has 2 N–H and O–H groups in total. The van der Waals surface area contributed by atoms with Crippen molar-refractivity contribution in [3.05, 3.63) is 39.8 Å². The minimum Gasteiger partial charge on any atom is -0.481 e. The SMILES string of the molecule is O=C(O)Cc1csc(Nc2ccccc2Br)n1. The Morgan fingerprint density at radius 3 is 2.94 bits per heavy atom. The Balaban J connectivity index is 2.12. The number of carbonyl (C=O) groups is 1. The Morgan fingerprint density at radius 1 is 1.47 bits per heavy atom. The largest absolute Gasteiger partial charge is 0.481 e. The topological polar surface area (TPSA) is 62.2 Å². The minimum atomic E-state index is -0.872. The van der Waals surface area contributed by atoms with E-state index >= 15 is 0 Å². The molecule has 2 aromatic rings. The molecule has 0 fully saturated rings. The number of carboxylic acids is 1. The fourth-order valence-corrected chi connectivity index (χ4v) is 2.38. The van der Waals surface area contributed by atoms with Gasteiger partial charge in [-0.3, -0.25) is 4.79 Å². The number of hydrogen-bond acceptors (Lipinski definition) is 4. The van der Waals surface area contributed by atoms with Crippen molar-refractivity contribution >= 4 is 44.1 Å². The van der Waals surface area contributed by atoms with E-state index in [1.807, 2.05) is 24.3 Å². The first-order chi connectivity index (χ1) is 8.15. The molecule has 2 rings (SSSR count). The van der Waals surface area contributed by atoms with Crippen LogP contribution in [-0.2, 0) is 11.2 Å². The van der Waals surface area contributed by atoms with Crippen LogP contribution in [0.3, 0.4) is 0 Å². The normalized spacial score (nSPS) is 10.2. The van der Waals surface area contributed by atoms with E-state index in [0.717, 1.165) is 10.2 Å². The number of nitrogens with one attached hydrogen (secondary N) is 1. The Kier molecular flexibility index (Phi) is 3.75. The van der Waals surface area contributed by atoms with Crippen molar-refractivity contribution in [1.82, 2.24) is 4.98 Å². The summed E-state index contributed by atoms with van der Waals surface area (Å²) in [5.41, 5.74) is 1.47. The monoisotopic (exact) mass is 312 g/mol. The molecule has 0 aliphatic carbocycles. The van der Waals surface area contributed by atoms with Gasteiger partial charge in [-0.15, -0.1) is 11.3 Å². The van der Waals surface area contributed by atoms with Gasteiger partial charge in [0.1, 0.15) is 0 Å². The number of para-hydroxylation sites is 1. The van der Waals surface area contributed by atoms with Gasteiger partial charge in [0, 0.05) is 9.85 Å². The lowest BCUT2D eigenvalue weighted by Gasteiger charge is -2.04. The summed E-state index contributed by atoms with van der Waals surface area (Å²) >= 11 is 4.81. The van der Waals surface area contributed by atoms with E-state index in [2.05, 4.69) is 26.2 Å². The number of thiazole rings is 1. The average Bonchev–Trinajstić information content (AvgIpc) is 2.68. The van der Waals surface area contributed by atoms with Crippen LogP contribution in [0.25, 0.3) is 0 Å². The van der Waals surface area contributed by atoms with Crippen molar-refractivity contribution in [2.24, 2.45) is 0 Å². The summed E-state index contributed by atoms with van der Waals surface area (Å²) in [6.07, 6.45) is -0.0475. The predicted molar refractivity (Wildman–Crippen MR) is 70.9 cm³/mol. The van der Waals surface area contributed by atoms with E-state index in [9.17, 15) is 4.79 Å². The highest BCUT2D eigenvalue weighted by molar-refractivity contribution is 9.10. The summed E-state index contributed by atoms with van der Waals surface area (Å²) in [5.74, 6) is -0.872. The van der Waals surface area contributed by atoms with Gasteiger partial charge in [0.05, 0.1) is 17.8 Å². The molecule has 0 amide bonds. The third-order valence-electron chi connectivity index (χ3n) is 2.00. The fourth-order valence-electron chi connectivity index (χ4n) is 1.28. The number of halogens is 1. The zero-order chi connectivity index (χ0) is 12.3. The Morgan fingerprint density at radius 2 is 2.24 bits per heavy atom. The standard InChI is InChI=1S/C11H9BrN2O2S/c12-8-3-1-2-4-9(8)14-11-13-7(6-17-11)5-10(15)16/h1-4,6H,5H2,(H,13,14)(H,15,16). The van der Waals surface area contributed by atoms with Crippen molar-refractivity contribution in [3.8, 4) is 0 Å². The molecule has 6 heteroatoms. The van der Waals surface area contributed by atoms with E-state index in [4.69, 9.17) is 5.11 Å². The second-order valence-electron chi connectivity index (χ2n) is 3.32. The van der Waals surface area contributed by atoms with Crippen LogP contribution in [0.4, 0.5) is 10.8 Å². The molecule has 0 unspecified atom stereocenters. The first-order valence-corrected chi connectivity index (χ1v) is 6.50. The van der Waals surface area contributed by atoms with Gasteiger partial charge in [-0.05, 0) is 28.1 Å². The number of rotatable bonds is 4. The molecule has 0 bridgehead atoms. The molecule has 17 heavy (non-hydrogen) atoms. The van der Waals surface area contributed by atoms with Crippen LogP contribution in [0, 0.1) is 0 Å². The highest BCUT2D eigenvalue weighted by Crippen LogP contribution is 2.27. The Labute approximate surface area is 110 Å². The third-order valence-corrected chi connectivity index (χ3v) is 3.50. The van der Waals surface area contributed by atoms with Crippen molar-refractivity contribution in [2.75, 3.05) is 5.32 Å². The molecule has 0 saturated carbocycles. The number of aliphatic carboxylic acids is 1. The smallest absolute Gasteiger partial charge is 0.309 e. The lowest BCUT2D eigenvalue weighted by molar-refractivity contribution is -0.136. The summed E-state index contributed by atoms with van der Waals surface area (Å²) in [4.78, 5) is 14.7. The maximum atomic E-state index is 10.5. The van der Waals surface area contributed by atoms with E-state index in [1.165, 1.54) is 11.3 Å². The molecule has 0 spiro atoms. The van der Waals surface area contributed by atoms with Crippen LogP contribution in [-0.4, -0.2) is 16.1 Å². The Hall–Kier alpha value is -1.40. The lowest BCUT2D eigenvalue weighted by atomic mass is 10.3. The number of carboxylic acid groups (broad SMARTS) is 1. The lowest BCUT2D eigenvalue weighted by Crippen LogP contribution is -2.00. The number of anilines is 2. The van der Waals surface area contributed by atoms with Crippen LogP contribution >= 0.6 is 27.3 Å². The van der Waals surface area contributed by atoms with Gasteiger partial charge in [0.2, 0.25) is 0 Å². The maximum absolute atomic E-state index is 10.5.